The number of benzene rings is 2. The van der Waals surface area contributed by atoms with Gasteiger partial charge in [0, 0.05) is 36.4 Å². The largest absolute Gasteiger partial charge is 0.497 e. The monoisotopic (exact) mass is 394 g/mol. The van der Waals surface area contributed by atoms with Crippen LogP contribution >= 0.6 is 11.3 Å². The fourth-order valence-electron chi connectivity index (χ4n) is 3.57. The molecular weight excluding hydrogens is 372 g/mol. The third-order valence-electron chi connectivity index (χ3n) is 5.21. The van der Waals surface area contributed by atoms with E-state index in [4.69, 9.17) is 4.74 Å². The number of aryl methyl sites for hydroxylation is 1. The number of piperazine rings is 1. The molecule has 6 heteroatoms. The quantitative estimate of drug-likeness (QED) is 0.679. The van der Waals surface area contributed by atoms with Crippen LogP contribution in [0.2, 0.25) is 0 Å². The lowest BCUT2D eigenvalue weighted by molar-refractivity contribution is 0.0537. The van der Waals surface area contributed by atoms with Gasteiger partial charge >= 0.3 is 0 Å². The van der Waals surface area contributed by atoms with E-state index < -0.39 is 0 Å². The fourth-order valence-corrected chi connectivity index (χ4v) is 4.75. The molecule has 5 nitrogen and oxygen atoms in total. The van der Waals surface area contributed by atoms with Gasteiger partial charge in [0.25, 0.3) is 11.8 Å². The molecule has 3 aromatic rings. The first-order valence-electron chi connectivity index (χ1n) is 9.29. The van der Waals surface area contributed by atoms with Gasteiger partial charge in [0.2, 0.25) is 0 Å². The topological polar surface area (TPSA) is 49.9 Å². The molecule has 4 rings (SSSR count). The van der Waals surface area contributed by atoms with E-state index in [0.717, 1.165) is 20.5 Å². The number of fused-ring (bicyclic) bond motifs is 1. The number of nitrogens with zero attached hydrogens (tertiary/aromatic N) is 2. The van der Waals surface area contributed by atoms with Crippen LogP contribution in [0, 0.1) is 6.92 Å². The van der Waals surface area contributed by atoms with E-state index in [0.29, 0.717) is 37.5 Å². The Morgan fingerprint density at radius 3 is 2.29 bits per heavy atom. The number of thiophene rings is 1. The van der Waals surface area contributed by atoms with Crippen LogP contribution < -0.4 is 4.74 Å². The summed E-state index contributed by atoms with van der Waals surface area (Å²) in [5, 5.41) is 1.14. The summed E-state index contributed by atoms with van der Waals surface area (Å²) in [4.78, 5) is 30.2. The number of hydrogen-bond acceptors (Lipinski definition) is 4. The lowest BCUT2D eigenvalue weighted by Crippen LogP contribution is -2.50. The van der Waals surface area contributed by atoms with Gasteiger partial charge < -0.3 is 14.5 Å². The lowest BCUT2D eigenvalue weighted by atomic mass is 10.1. The molecule has 0 aliphatic carbocycles. The Kier molecular flexibility index (Phi) is 5.05. The summed E-state index contributed by atoms with van der Waals surface area (Å²) >= 11 is 1.55. The van der Waals surface area contributed by atoms with Crippen LogP contribution in [0.5, 0.6) is 5.75 Å². The molecule has 0 unspecified atom stereocenters. The number of ether oxygens (including phenoxy) is 1. The number of hydrogen-bond donors (Lipinski definition) is 0. The smallest absolute Gasteiger partial charge is 0.264 e. The van der Waals surface area contributed by atoms with Crippen molar-refractivity contribution in [2.75, 3.05) is 33.3 Å². The van der Waals surface area contributed by atoms with Crippen LogP contribution in [0.15, 0.2) is 48.5 Å². The van der Waals surface area contributed by atoms with Crippen molar-refractivity contribution in [1.29, 1.82) is 0 Å². The van der Waals surface area contributed by atoms with Crippen LogP contribution in [0.3, 0.4) is 0 Å². The van der Waals surface area contributed by atoms with E-state index in [-0.39, 0.29) is 11.8 Å². The molecule has 2 aromatic carbocycles. The maximum atomic E-state index is 13.0. The minimum absolute atomic E-state index is 0.0240. The summed E-state index contributed by atoms with van der Waals surface area (Å²) in [5.41, 5.74) is 1.65. The van der Waals surface area contributed by atoms with Gasteiger partial charge in [-0.2, -0.15) is 0 Å². The standard InChI is InChI=1S/C22H22N2O3S/c1-15-18-8-3-4-9-19(18)28-20(15)22(26)24-12-10-23(11-13-24)21(25)16-6-5-7-17(14-16)27-2/h3-9,14H,10-13H2,1-2H3. The van der Waals surface area contributed by atoms with Crippen molar-refractivity contribution in [2.45, 2.75) is 6.92 Å². The Balaban J connectivity index is 1.45. The highest BCUT2D eigenvalue weighted by Gasteiger charge is 2.27. The Bertz CT molecular complexity index is 1040. The minimum atomic E-state index is -0.0240. The Morgan fingerprint density at radius 1 is 0.929 bits per heavy atom. The SMILES string of the molecule is COc1cccc(C(=O)N2CCN(C(=O)c3sc4ccccc4c3C)CC2)c1. The molecule has 1 aromatic heterocycles. The zero-order valence-electron chi connectivity index (χ0n) is 16.0. The molecule has 28 heavy (non-hydrogen) atoms. The maximum absolute atomic E-state index is 13.0. The van der Waals surface area contributed by atoms with Gasteiger partial charge in [-0.3, -0.25) is 9.59 Å². The molecule has 144 valence electrons. The van der Waals surface area contributed by atoms with Gasteiger partial charge in [-0.1, -0.05) is 24.3 Å². The van der Waals surface area contributed by atoms with Crippen molar-refractivity contribution in [3.05, 3.63) is 64.5 Å². The molecule has 0 radical (unpaired) electrons. The van der Waals surface area contributed by atoms with Crippen molar-refractivity contribution >= 4 is 33.2 Å². The van der Waals surface area contributed by atoms with Crippen molar-refractivity contribution in [3.63, 3.8) is 0 Å². The molecule has 0 saturated carbocycles. The summed E-state index contributed by atoms with van der Waals surface area (Å²) < 4.78 is 6.34. The number of amides is 2. The zero-order valence-corrected chi connectivity index (χ0v) is 16.8. The van der Waals surface area contributed by atoms with Crippen molar-refractivity contribution < 1.29 is 14.3 Å². The maximum Gasteiger partial charge on any atom is 0.264 e. The Labute approximate surface area is 168 Å². The highest BCUT2D eigenvalue weighted by molar-refractivity contribution is 7.21. The number of methoxy groups -OCH3 is 1. The van der Waals surface area contributed by atoms with E-state index in [9.17, 15) is 9.59 Å². The zero-order chi connectivity index (χ0) is 19.7. The first-order chi connectivity index (χ1) is 13.6. The molecule has 1 saturated heterocycles. The molecule has 1 fully saturated rings. The minimum Gasteiger partial charge on any atom is -0.497 e. The van der Waals surface area contributed by atoms with Crippen LogP contribution in [0.4, 0.5) is 0 Å². The fraction of sp³-hybridized carbons (Fsp3) is 0.273. The predicted molar refractivity (Wildman–Crippen MR) is 111 cm³/mol. The third kappa shape index (κ3) is 3.36. The summed E-state index contributed by atoms with van der Waals surface area (Å²) in [7, 11) is 1.59. The van der Waals surface area contributed by atoms with Gasteiger partial charge in [-0.25, -0.2) is 0 Å². The van der Waals surface area contributed by atoms with Gasteiger partial charge in [-0.05, 0) is 42.1 Å². The summed E-state index contributed by atoms with van der Waals surface area (Å²) in [6.07, 6.45) is 0. The molecule has 1 aliphatic heterocycles. The Hall–Kier alpha value is -2.86. The van der Waals surface area contributed by atoms with E-state index in [1.54, 1.807) is 35.5 Å². The summed E-state index contributed by atoms with van der Waals surface area (Å²) in [6.45, 7) is 4.16. The molecule has 0 N–H and O–H groups in total. The lowest BCUT2D eigenvalue weighted by Gasteiger charge is -2.34. The third-order valence-corrected chi connectivity index (χ3v) is 6.47. The number of carbonyl (C=O) groups is 2. The molecule has 1 aliphatic rings. The van der Waals surface area contributed by atoms with E-state index in [1.165, 1.54) is 0 Å². The molecule has 0 atom stereocenters. The van der Waals surface area contributed by atoms with Crippen molar-refractivity contribution in [3.8, 4) is 5.75 Å². The number of carbonyl (C=O) groups excluding carboxylic acids is 2. The second kappa shape index (κ2) is 7.64. The normalized spacial score (nSPS) is 14.4. The second-order valence-electron chi connectivity index (χ2n) is 6.87. The van der Waals surface area contributed by atoms with Crippen LogP contribution in [0.1, 0.15) is 25.6 Å². The van der Waals surface area contributed by atoms with Gasteiger partial charge in [0.15, 0.2) is 0 Å². The summed E-state index contributed by atoms with van der Waals surface area (Å²) in [5.74, 6) is 0.705. The van der Waals surface area contributed by atoms with E-state index in [1.807, 2.05) is 36.1 Å². The molecule has 0 bridgehead atoms. The molecule has 2 amide bonds. The molecule has 2 heterocycles. The number of rotatable bonds is 3. The first kappa shape index (κ1) is 18.5. The van der Waals surface area contributed by atoms with Gasteiger partial charge in [-0.15, -0.1) is 11.3 Å². The van der Waals surface area contributed by atoms with Gasteiger partial charge in [0.1, 0.15) is 5.75 Å². The van der Waals surface area contributed by atoms with Gasteiger partial charge in [0.05, 0.1) is 12.0 Å². The van der Waals surface area contributed by atoms with E-state index >= 15 is 0 Å². The van der Waals surface area contributed by atoms with Crippen molar-refractivity contribution in [2.24, 2.45) is 0 Å². The highest BCUT2D eigenvalue weighted by atomic mass is 32.1. The van der Waals surface area contributed by atoms with Crippen LogP contribution in [-0.4, -0.2) is 54.9 Å². The highest BCUT2D eigenvalue weighted by Crippen LogP contribution is 2.31. The van der Waals surface area contributed by atoms with Crippen LogP contribution in [-0.2, 0) is 0 Å². The van der Waals surface area contributed by atoms with E-state index in [2.05, 4.69) is 12.1 Å². The summed E-state index contributed by atoms with van der Waals surface area (Å²) in [6, 6.07) is 15.3. The second-order valence-corrected chi connectivity index (χ2v) is 7.92. The Morgan fingerprint density at radius 2 is 1.61 bits per heavy atom. The van der Waals surface area contributed by atoms with Crippen molar-refractivity contribution in [1.82, 2.24) is 9.80 Å². The average molecular weight is 394 g/mol. The molecular formula is C22H22N2O3S. The average Bonchev–Trinajstić information content (AvgIpc) is 3.09. The molecule has 0 spiro atoms. The first-order valence-corrected chi connectivity index (χ1v) is 10.1. The van der Waals surface area contributed by atoms with Crippen LogP contribution in [0.25, 0.3) is 10.1 Å². The predicted octanol–water partition coefficient (Wildman–Crippen LogP) is 3.82.